The Balaban J connectivity index is 1.91. The molecule has 0 spiro atoms. The standard InChI is InChI=1S/C34H11F5N6/c1-16-5-6-18(9-25(16)35)30-32(28(15-42)44-3)21-12-20-19(11-22(21)33(30)45-4)23(13-40)29(31(20)27(14-41)43-2)17-7-8-24(26(36)10-17)34(37,38)39/h5-12H,1H3/b31-27+,32-28-. The summed E-state index contributed by atoms with van der Waals surface area (Å²) in [4.78, 5) is 10.2. The Kier molecular flexibility index (Phi) is 7.13. The highest BCUT2D eigenvalue weighted by Crippen LogP contribution is 2.55. The Hall–Kier alpha value is -6.79. The number of allylic oxidation sites excluding steroid dienone is 7. The van der Waals surface area contributed by atoms with E-state index >= 15 is 0 Å². The Morgan fingerprint density at radius 2 is 1.24 bits per heavy atom. The van der Waals surface area contributed by atoms with Crippen molar-refractivity contribution in [2.45, 2.75) is 13.1 Å². The number of alkyl halides is 3. The summed E-state index contributed by atoms with van der Waals surface area (Å²) < 4.78 is 69.3. The van der Waals surface area contributed by atoms with E-state index in [-0.39, 0.29) is 66.9 Å². The van der Waals surface area contributed by atoms with Crippen LogP contribution in [0.2, 0.25) is 0 Å². The van der Waals surface area contributed by atoms with Gasteiger partial charge < -0.3 is 0 Å². The topological polar surface area (TPSA) is 84.5 Å². The molecule has 0 saturated carbocycles. The molecule has 0 N–H and O–H groups in total. The van der Waals surface area contributed by atoms with E-state index < -0.39 is 34.8 Å². The van der Waals surface area contributed by atoms with Crippen molar-refractivity contribution in [3.05, 3.63) is 150 Å². The van der Waals surface area contributed by atoms with Gasteiger partial charge in [0, 0.05) is 5.57 Å². The van der Waals surface area contributed by atoms with E-state index in [0.29, 0.717) is 17.7 Å². The second-order valence-electron chi connectivity index (χ2n) is 9.69. The third-order valence-electron chi connectivity index (χ3n) is 7.36. The molecule has 3 aromatic carbocycles. The molecule has 45 heavy (non-hydrogen) atoms. The maximum absolute atomic E-state index is 14.7. The molecule has 0 unspecified atom stereocenters. The van der Waals surface area contributed by atoms with Crippen molar-refractivity contribution in [1.82, 2.24) is 0 Å². The monoisotopic (exact) mass is 598 g/mol. The minimum absolute atomic E-state index is 0.0206. The van der Waals surface area contributed by atoms with Crippen LogP contribution < -0.4 is 0 Å². The molecular weight excluding hydrogens is 587 g/mol. The van der Waals surface area contributed by atoms with Crippen molar-refractivity contribution >= 4 is 33.6 Å². The summed E-state index contributed by atoms with van der Waals surface area (Å²) in [6.07, 6.45) is -5.01. The molecule has 0 fully saturated rings. The average molecular weight is 598 g/mol. The van der Waals surface area contributed by atoms with Crippen LogP contribution in [0.5, 0.6) is 0 Å². The average Bonchev–Trinajstić information content (AvgIpc) is 3.50. The van der Waals surface area contributed by atoms with Gasteiger partial charge in [-0.15, -0.1) is 0 Å². The van der Waals surface area contributed by atoms with Gasteiger partial charge in [0.25, 0.3) is 11.4 Å². The summed E-state index contributed by atoms with van der Waals surface area (Å²) in [5.74, 6) is -2.24. The van der Waals surface area contributed by atoms with E-state index in [4.69, 9.17) is 19.7 Å². The van der Waals surface area contributed by atoms with Crippen LogP contribution >= 0.6 is 0 Å². The van der Waals surface area contributed by atoms with E-state index in [1.165, 1.54) is 31.2 Å². The Labute approximate surface area is 252 Å². The van der Waals surface area contributed by atoms with E-state index in [9.17, 15) is 37.7 Å². The van der Waals surface area contributed by atoms with Gasteiger partial charge in [0.05, 0.1) is 43.0 Å². The molecule has 0 amide bonds. The number of hydrogen-bond acceptors (Lipinski definition) is 3. The summed E-state index contributed by atoms with van der Waals surface area (Å²) in [7, 11) is 0. The zero-order valence-corrected chi connectivity index (χ0v) is 22.7. The minimum Gasteiger partial charge on any atom is -0.237 e. The SMILES string of the molecule is [C-]#[N+]C1=C(c2ccc(C)c(F)c2)/C(=C(/C#N)[N+]#[C-])c2cc3c(cc21)C(C#N)=C(c1ccc(C(F)(F)F)c(F)c1)/C3=C(\C#N)[N+]#[C-]. The maximum atomic E-state index is 14.7. The minimum atomic E-state index is -5.01. The zero-order valence-electron chi connectivity index (χ0n) is 22.7. The fourth-order valence-corrected chi connectivity index (χ4v) is 5.41. The van der Waals surface area contributed by atoms with Crippen LogP contribution in [-0.4, -0.2) is 0 Å². The molecular formula is C34H11F5N6. The lowest BCUT2D eigenvalue weighted by molar-refractivity contribution is -0.140. The van der Waals surface area contributed by atoms with Gasteiger partial charge in [0.1, 0.15) is 17.7 Å². The van der Waals surface area contributed by atoms with Gasteiger partial charge in [-0.1, -0.05) is 24.3 Å². The van der Waals surface area contributed by atoms with Gasteiger partial charge in [0.15, 0.2) is 0 Å². The number of hydrogen-bond donors (Lipinski definition) is 0. The van der Waals surface area contributed by atoms with Crippen LogP contribution in [0.1, 0.15) is 44.5 Å². The van der Waals surface area contributed by atoms with Gasteiger partial charge in [-0.05, 0) is 86.9 Å². The molecule has 11 heteroatoms. The van der Waals surface area contributed by atoms with Crippen molar-refractivity contribution in [2.24, 2.45) is 0 Å². The number of benzene rings is 3. The number of aryl methyl sites for hydroxylation is 1. The normalized spacial score (nSPS) is 15.6. The van der Waals surface area contributed by atoms with Crippen molar-refractivity contribution < 1.29 is 22.0 Å². The van der Waals surface area contributed by atoms with Crippen molar-refractivity contribution in [3.63, 3.8) is 0 Å². The second kappa shape index (κ2) is 10.8. The van der Waals surface area contributed by atoms with Crippen LogP contribution in [-0.2, 0) is 6.18 Å². The predicted octanol–water partition coefficient (Wildman–Crippen LogP) is 8.85. The largest absolute Gasteiger partial charge is 0.419 e. The fourth-order valence-electron chi connectivity index (χ4n) is 5.41. The molecule has 2 aliphatic carbocycles. The third kappa shape index (κ3) is 4.50. The molecule has 0 bridgehead atoms. The number of rotatable bonds is 2. The van der Waals surface area contributed by atoms with E-state index in [1.54, 1.807) is 12.1 Å². The van der Waals surface area contributed by atoms with Crippen molar-refractivity contribution in [3.8, 4) is 18.2 Å². The van der Waals surface area contributed by atoms with Crippen LogP contribution in [0.15, 0.2) is 59.9 Å². The Morgan fingerprint density at radius 1 is 0.711 bits per heavy atom. The van der Waals surface area contributed by atoms with Gasteiger partial charge in [-0.2, -0.15) is 18.4 Å². The Morgan fingerprint density at radius 3 is 1.76 bits per heavy atom. The molecule has 0 heterocycles. The van der Waals surface area contributed by atoms with Gasteiger partial charge in [-0.25, -0.2) is 33.8 Å². The van der Waals surface area contributed by atoms with E-state index in [0.717, 1.165) is 12.1 Å². The Bertz CT molecular complexity index is 2260. The van der Waals surface area contributed by atoms with Crippen LogP contribution in [0.3, 0.4) is 0 Å². The molecule has 6 nitrogen and oxygen atoms in total. The van der Waals surface area contributed by atoms with Crippen LogP contribution in [0.4, 0.5) is 22.0 Å². The highest BCUT2D eigenvalue weighted by Gasteiger charge is 2.38. The van der Waals surface area contributed by atoms with E-state index in [1.807, 2.05) is 6.07 Å². The van der Waals surface area contributed by atoms with Crippen molar-refractivity contribution in [2.75, 3.05) is 0 Å². The first kappa shape index (κ1) is 29.7. The van der Waals surface area contributed by atoms with E-state index in [2.05, 4.69) is 14.5 Å². The highest BCUT2D eigenvalue weighted by molar-refractivity contribution is 6.29. The lowest BCUT2D eigenvalue weighted by Gasteiger charge is -2.14. The zero-order chi connectivity index (χ0) is 32.8. The molecule has 0 aromatic heterocycles. The quantitative estimate of drug-likeness (QED) is 0.168. The first-order valence-electron chi connectivity index (χ1n) is 12.6. The molecule has 5 rings (SSSR count). The molecule has 212 valence electrons. The second-order valence-corrected chi connectivity index (χ2v) is 9.69. The van der Waals surface area contributed by atoms with Crippen LogP contribution in [0, 0.1) is 72.3 Å². The summed E-state index contributed by atoms with van der Waals surface area (Å²) in [6.45, 7) is 24.7. The summed E-state index contributed by atoms with van der Waals surface area (Å²) in [6, 6.07) is 14.3. The summed E-state index contributed by atoms with van der Waals surface area (Å²) >= 11 is 0. The molecule has 0 atom stereocenters. The number of halogens is 5. The number of nitrogens with zero attached hydrogens (tertiary/aromatic N) is 6. The first-order valence-corrected chi connectivity index (χ1v) is 12.6. The van der Waals surface area contributed by atoms with Gasteiger partial charge in [-0.3, -0.25) is 0 Å². The maximum Gasteiger partial charge on any atom is 0.419 e. The lowest BCUT2D eigenvalue weighted by Crippen LogP contribution is -2.08. The van der Waals surface area contributed by atoms with Gasteiger partial charge in [0.2, 0.25) is 5.70 Å². The molecule has 0 aliphatic heterocycles. The highest BCUT2D eigenvalue weighted by atomic mass is 19.4. The molecule has 3 aromatic rings. The third-order valence-corrected chi connectivity index (χ3v) is 7.36. The molecule has 2 aliphatic rings. The van der Waals surface area contributed by atoms with Crippen LogP contribution in [0.25, 0.3) is 48.1 Å². The fraction of sp³-hybridized carbons (Fsp3) is 0.0588. The molecule has 0 radical (unpaired) electrons. The first-order chi connectivity index (χ1) is 21.4. The summed E-state index contributed by atoms with van der Waals surface area (Å²) in [5, 5.41) is 30.0. The number of nitriles is 3. The van der Waals surface area contributed by atoms with Crippen molar-refractivity contribution in [1.29, 1.82) is 15.8 Å². The summed E-state index contributed by atoms with van der Waals surface area (Å²) in [5.41, 5.74) is -2.44. The number of fused-ring (bicyclic) bond motifs is 2. The van der Waals surface area contributed by atoms with Gasteiger partial charge >= 0.3 is 6.18 Å². The lowest BCUT2D eigenvalue weighted by atomic mass is 9.90. The predicted molar refractivity (Wildman–Crippen MR) is 153 cm³/mol. The smallest absolute Gasteiger partial charge is 0.237 e. The molecule has 0 saturated heterocycles.